The summed E-state index contributed by atoms with van der Waals surface area (Å²) in [5.41, 5.74) is 0.843. The van der Waals surface area contributed by atoms with E-state index in [1.165, 1.54) is 18.6 Å². The SMILES string of the molecule is O=C(c1ccoc1)N1CCC[C@@H](C(=O)N2CCCc3cc(C(F)(F)F)ccc32)C1. The van der Waals surface area contributed by atoms with Crippen LogP contribution < -0.4 is 4.90 Å². The number of benzene rings is 1. The Morgan fingerprint density at radius 1 is 1.10 bits per heavy atom. The normalized spacial score (nSPS) is 19.8. The molecule has 2 amide bonds. The second-order valence-corrected chi connectivity index (χ2v) is 7.54. The molecule has 0 N–H and O–H groups in total. The van der Waals surface area contributed by atoms with Crippen molar-refractivity contribution in [3.05, 3.63) is 53.5 Å². The second-order valence-electron chi connectivity index (χ2n) is 7.54. The number of hydrogen-bond acceptors (Lipinski definition) is 3. The van der Waals surface area contributed by atoms with Gasteiger partial charge >= 0.3 is 6.18 Å². The first-order valence-electron chi connectivity index (χ1n) is 9.67. The molecule has 0 radical (unpaired) electrons. The molecule has 5 nitrogen and oxygen atoms in total. The van der Waals surface area contributed by atoms with E-state index in [4.69, 9.17) is 4.42 Å². The van der Waals surface area contributed by atoms with E-state index in [0.717, 1.165) is 12.1 Å². The summed E-state index contributed by atoms with van der Waals surface area (Å²) in [6, 6.07) is 5.16. The summed E-state index contributed by atoms with van der Waals surface area (Å²) >= 11 is 0. The number of alkyl halides is 3. The molecule has 0 spiro atoms. The first-order valence-corrected chi connectivity index (χ1v) is 9.67. The molecule has 3 heterocycles. The number of likely N-dealkylation sites (tertiary alicyclic amines) is 1. The number of amides is 2. The topological polar surface area (TPSA) is 53.8 Å². The van der Waals surface area contributed by atoms with Crippen molar-refractivity contribution in [1.82, 2.24) is 4.90 Å². The quantitative estimate of drug-likeness (QED) is 0.754. The average Bonchev–Trinajstić information content (AvgIpc) is 3.26. The molecule has 154 valence electrons. The number of aryl methyl sites for hydroxylation is 1. The Morgan fingerprint density at radius 2 is 1.93 bits per heavy atom. The summed E-state index contributed by atoms with van der Waals surface area (Å²) < 4.78 is 44.0. The Balaban J connectivity index is 1.52. The highest BCUT2D eigenvalue weighted by atomic mass is 19.4. The monoisotopic (exact) mass is 406 g/mol. The van der Waals surface area contributed by atoms with Crippen LogP contribution in [0, 0.1) is 5.92 Å². The standard InChI is InChI=1S/C21H21F3N2O3/c22-21(23,24)17-5-6-18-14(11-17)3-2-9-26(18)20(28)15-4-1-8-25(12-15)19(27)16-7-10-29-13-16/h5-7,10-11,13,15H,1-4,8-9,12H2/t15-/m1/s1. The summed E-state index contributed by atoms with van der Waals surface area (Å²) in [5.74, 6) is -0.673. The van der Waals surface area contributed by atoms with Crippen LogP contribution in [-0.4, -0.2) is 36.3 Å². The number of rotatable bonds is 2. The minimum Gasteiger partial charge on any atom is -0.472 e. The number of furan rings is 1. The van der Waals surface area contributed by atoms with Crippen molar-refractivity contribution in [2.45, 2.75) is 31.9 Å². The van der Waals surface area contributed by atoms with Gasteiger partial charge in [-0.15, -0.1) is 0 Å². The number of anilines is 1. The third-order valence-electron chi connectivity index (χ3n) is 5.62. The molecule has 0 aliphatic carbocycles. The summed E-state index contributed by atoms with van der Waals surface area (Å²) in [6.45, 7) is 1.35. The number of carbonyl (C=O) groups is 2. The Labute approximate surface area is 166 Å². The highest BCUT2D eigenvalue weighted by Gasteiger charge is 2.36. The molecule has 0 unspecified atom stereocenters. The maximum Gasteiger partial charge on any atom is 0.416 e. The number of hydrogen-bond donors (Lipinski definition) is 0. The predicted octanol–water partition coefficient (Wildman–Crippen LogP) is 4.13. The van der Waals surface area contributed by atoms with E-state index in [0.29, 0.717) is 62.1 Å². The molecule has 2 aliphatic heterocycles. The molecule has 1 saturated heterocycles. The minimum atomic E-state index is -4.40. The lowest BCUT2D eigenvalue weighted by atomic mass is 9.93. The molecule has 2 aromatic rings. The molecule has 1 atom stereocenters. The first kappa shape index (κ1) is 19.5. The first-order chi connectivity index (χ1) is 13.8. The minimum absolute atomic E-state index is 0.129. The lowest BCUT2D eigenvalue weighted by molar-refractivity contribution is -0.137. The van der Waals surface area contributed by atoms with Gasteiger partial charge in [0.1, 0.15) is 6.26 Å². The van der Waals surface area contributed by atoms with E-state index in [1.807, 2.05) is 0 Å². The van der Waals surface area contributed by atoms with Crippen LogP contribution in [-0.2, 0) is 17.4 Å². The lowest BCUT2D eigenvalue weighted by Gasteiger charge is -2.37. The zero-order valence-corrected chi connectivity index (χ0v) is 15.7. The van der Waals surface area contributed by atoms with Crippen molar-refractivity contribution in [2.75, 3.05) is 24.5 Å². The van der Waals surface area contributed by atoms with Crippen molar-refractivity contribution in [3.8, 4) is 0 Å². The van der Waals surface area contributed by atoms with Crippen molar-refractivity contribution in [3.63, 3.8) is 0 Å². The van der Waals surface area contributed by atoms with Crippen LogP contribution in [0.25, 0.3) is 0 Å². The van der Waals surface area contributed by atoms with Crippen molar-refractivity contribution >= 4 is 17.5 Å². The van der Waals surface area contributed by atoms with Gasteiger partial charge in [0.15, 0.2) is 0 Å². The van der Waals surface area contributed by atoms with E-state index < -0.39 is 11.7 Å². The summed E-state index contributed by atoms with van der Waals surface area (Å²) in [6.07, 6.45) is 0.891. The van der Waals surface area contributed by atoms with Gasteiger partial charge in [0, 0.05) is 25.3 Å². The van der Waals surface area contributed by atoms with Crippen molar-refractivity contribution in [2.24, 2.45) is 5.92 Å². The van der Waals surface area contributed by atoms with Gasteiger partial charge in [0.2, 0.25) is 5.91 Å². The molecule has 1 fully saturated rings. The molecule has 4 rings (SSSR count). The molecule has 1 aromatic carbocycles. The highest BCUT2D eigenvalue weighted by Crippen LogP contribution is 2.36. The summed E-state index contributed by atoms with van der Waals surface area (Å²) in [4.78, 5) is 29.0. The molecular weight excluding hydrogens is 385 g/mol. The van der Waals surface area contributed by atoms with Gasteiger partial charge in [-0.1, -0.05) is 0 Å². The van der Waals surface area contributed by atoms with Crippen LogP contribution in [0.5, 0.6) is 0 Å². The van der Waals surface area contributed by atoms with Gasteiger partial charge in [-0.05, 0) is 55.5 Å². The number of carbonyl (C=O) groups excluding carboxylic acids is 2. The van der Waals surface area contributed by atoms with Crippen molar-refractivity contribution in [1.29, 1.82) is 0 Å². The van der Waals surface area contributed by atoms with Crippen molar-refractivity contribution < 1.29 is 27.2 Å². The van der Waals surface area contributed by atoms with Crippen LogP contribution in [0.1, 0.15) is 40.7 Å². The fourth-order valence-corrected chi connectivity index (χ4v) is 4.15. The molecule has 0 saturated carbocycles. The predicted molar refractivity (Wildman–Crippen MR) is 99.5 cm³/mol. The fourth-order valence-electron chi connectivity index (χ4n) is 4.15. The third kappa shape index (κ3) is 3.88. The zero-order valence-electron chi connectivity index (χ0n) is 15.7. The van der Waals surface area contributed by atoms with Gasteiger partial charge in [0.25, 0.3) is 5.91 Å². The van der Waals surface area contributed by atoms with Gasteiger partial charge in [-0.25, -0.2) is 0 Å². The summed E-state index contributed by atoms with van der Waals surface area (Å²) in [7, 11) is 0. The average molecular weight is 406 g/mol. The molecule has 8 heteroatoms. The highest BCUT2D eigenvalue weighted by molar-refractivity contribution is 5.98. The van der Waals surface area contributed by atoms with Crippen LogP contribution in [0.4, 0.5) is 18.9 Å². The Hall–Kier alpha value is -2.77. The van der Waals surface area contributed by atoms with Gasteiger partial charge in [0.05, 0.1) is 23.3 Å². The van der Waals surface area contributed by atoms with E-state index in [-0.39, 0.29) is 17.7 Å². The van der Waals surface area contributed by atoms with E-state index in [1.54, 1.807) is 15.9 Å². The Bertz CT molecular complexity index is 908. The van der Waals surface area contributed by atoms with Crippen LogP contribution in [0.2, 0.25) is 0 Å². The number of nitrogens with zero attached hydrogens (tertiary/aromatic N) is 2. The van der Waals surface area contributed by atoms with Gasteiger partial charge in [-0.3, -0.25) is 9.59 Å². The Morgan fingerprint density at radius 3 is 2.66 bits per heavy atom. The molecular formula is C21H21F3N2O3. The van der Waals surface area contributed by atoms with Crippen LogP contribution >= 0.6 is 0 Å². The maximum atomic E-state index is 13.2. The summed E-state index contributed by atoms with van der Waals surface area (Å²) in [5, 5.41) is 0. The van der Waals surface area contributed by atoms with Crippen LogP contribution in [0.15, 0.2) is 41.2 Å². The molecule has 2 aliphatic rings. The zero-order chi connectivity index (χ0) is 20.6. The van der Waals surface area contributed by atoms with Crippen LogP contribution in [0.3, 0.4) is 0 Å². The Kier molecular flexibility index (Phi) is 5.10. The van der Waals surface area contributed by atoms with Gasteiger partial charge < -0.3 is 14.2 Å². The number of halogens is 3. The smallest absolute Gasteiger partial charge is 0.416 e. The molecule has 29 heavy (non-hydrogen) atoms. The number of fused-ring (bicyclic) bond motifs is 1. The molecule has 1 aromatic heterocycles. The number of piperidine rings is 1. The van der Waals surface area contributed by atoms with E-state index >= 15 is 0 Å². The molecule has 0 bridgehead atoms. The third-order valence-corrected chi connectivity index (χ3v) is 5.62. The largest absolute Gasteiger partial charge is 0.472 e. The fraction of sp³-hybridized carbons (Fsp3) is 0.429. The van der Waals surface area contributed by atoms with E-state index in [9.17, 15) is 22.8 Å². The van der Waals surface area contributed by atoms with Gasteiger partial charge in [-0.2, -0.15) is 13.2 Å². The lowest BCUT2D eigenvalue weighted by Crippen LogP contribution is -2.48. The van der Waals surface area contributed by atoms with E-state index in [2.05, 4.69) is 0 Å². The maximum absolute atomic E-state index is 13.2. The second kappa shape index (κ2) is 7.57.